The number of nitrogens with zero attached hydrogens (tertiary/aromatic N) is 1. The molecule has 1 atom stereocenters. The van der Waals surface area contributed by atoms with Crippen molar-refractivity contribution in [1.82, 2.24) is 10.2 Å². The van der Waals surface area contributed by atoms with Crippen LogP contribution in [0, 0.1) is 0 Å². The number of carbonyl (C=O) groups excluding carboxylic acids is 2. The largest absolute Gasteiger partial charge is 0.458 e. The van der Waals surface area contributed by atoms with Crippen molar-refractivity contribution in [2.75, 3.05) is 13.7 Å². The summed E-state index contributed by atoms with van der Waals surface area (Å²) < 4.78 is 5.14. The average Bonchev–Trinajstić information content (AvgIpc) is 2.52. The van der Waals surface area contributed by atoms with Crippen molar-refractivity contribution in [3.05, 3.63) is 57.7 Å². The maximum absolute atomic E-state index is 12.4. The van der Waals surface area contributed by atoms with Gasteiger partial charge in [0.15, 0.2) is 0 Å². The smallest absolute Gasteiger partial charge is 0.338 e. The van der Waals surface area contributed by atoms with Gasteiger partial charge < -0.3 is 15.0 Å². The number of rotatable bonds is 4. The van der Waals surface area contributed by atoms with Crippen LogP contribution in [0.5, 0.6) is 0 Å². The topological polar surface area (TPSA) is 58.6 Å². The van der Waals surface area contributed by atoms with Gasteiger partial charge in [0.2, 0.25) is 0 Å². The summed E-state index contributed by atoms with van der Waals surface area (Å²) in [5.41, 5.74) is 1.50. The highest BCUT2D eigenvalue weighted by Gasteiger charge is 2.35. The van der Waals surface area contributed by atoms with Crippen LogP contribution in [0.1, 0.15) is 18.5 Å². The van der Waals surface area contributed by atoms with Crippen LogP contribution >= 0.6 is 23.2 Å². The number of ether oxygens (including phenoxy) is 1. The summed E-state index contributed by atoms with van der Waals surface area (Å²) >= 11 is 12.0. The summed E-state index contributed by atoms with van der Waals surface area (Å²) in [5.74, 6) is -0.523. The van der Waals surface area contributed by atoms with E-state index in [0.717, 1.165) is 0 Å². The van der Waals surface area contributed by atoms with Crippen molar-refractivity contribution in [3.8, 4) is 0 Å². The van der Waals surface area contributed by atoms with Gasteiger partial charge in [-0.1, -0.05) is 41.9 Å². The zero-order valence-corrected chi connectivity index (χ0v) is 14.2. The molecule has 0 bridgehead atoms. The van der Waals surface area contributed by atoms with Gasteiger partial charge in [-0.3, -0.25) is 0 Å². The zero-order chi connectivity index (χ0) is 17.1. The van der Waals surface area contributed by atoms with Gasteiger partial charge in [0.25, 0.3) is 0 Å². The number of halogens is 2. The number of allylic oxidation sites excluding steroid dienone is 1. The molecule has 1 aliphatic rings. The van der Waals surface area contributed by atoms with E-state index >= 15 is 0 Å². The van der Waals surface area contributed by atoms with Crippen LogP contribution in [-0.2, 0) is 9.53 Å². The molecular formula is C16H16Cl2N2O3. The van der Waals surface area contributed by atoms with Gasteiger partial charge in [-0.15, -0.1) is 0 Å². The highest BCUT2D eigenvalue weighted by atomic mass is 35.5. The standard InChI is InChI=1S/C16H16Cl2N2O3/c1-4-7-23-15(21)13-9(2)20(3)16(22)19-14(13)10-5-6-11(17)12(18)8-10/h4-6,8,14H,1,7H2,2-3H3,(H,19,22)/t14-/m0/s1. The van der Waals surface area contributed by atoms with Crippen LogP contribution in [0.25, 0.3) is 0 Å². The van der Waals surface area contributed by atoms with Gasteiger partial charge in [0.05, 0.1) is 21.7 Å². The summed E-state index contributed by atoms with van der Waals surface area (Å²) in [4.78, 5) is 25.8. The van der Waals surface area contributed by atoms with Crippen molar-refractivity contribution in [2.24, 2.45) is 0 Å². The van der Waals surface area contributed by atoms with E-state index in [1.54, 1.807) is 32.2 Å². The fourth-order valence-electron chi connectivity index (χ4n) is 2.25. The molecule has 7 heteroatoms. The number of hydrogen-bond acceptors (Lipinski definition) is 3. The minimum absolute atomic E-state index is 0.0847. The average molecular weight is 355 g/mol. The number of esters is 1. The Bertz CT molecular complexity index is 701. The Labute approximate surface area is 144 Å². The first-order valence-corrected chi connectivity index (χ1v) is 7.60. The maximum atomic E-state index is 12.4. The van der Waals surface area contributed by atoms with Crippen molar-refractivity contribution in [1.29, 1.82) is 0 Å². The van der Waals surface area contributed by atoms with Gasteiger partial charge in [-0.05, 0) is 24.6 Å². The Morgan fingerprint density at radius 1 is 1.43 bits per heavy atom. The Morgan fingerprint density at radius 2 is 2.13 bits per heavy atom. The van der Waals surface area contributed by atoms with Crippen LogP contribution < -0.4 is 5.32 Å². The molecule has 1 aromatic rings. The molecule has 0 fully saturated rings. The molecule has 1 N–H and O–H groups in total. The third kappa shape index (κ3) is 3.51. The number of nitrogens with one attached hydrogen (secondary N) is 1. The second kappa shape index (κ2) is 7.06. The number of amides is 2. The summed E-state index contributed by atoms with van der Waals surface area (Å²) in [6.45, 7) is 5.29. The summed E-state index contributed by atoms with van der Waals surface area (Å²) in [6.07, 6.45) is 1.48. The Balaban J connectivity index is 2.49. The van der Waals surface area contributed by atoms with Crippen LogP contribution in [0.3, 0.4) is 0 Å². The third-order valence-electron chi connectivity index (χ3n) is 3.58. The molecule has 0 saturated carbocycles. The van der Waals surface area contributed by atoms with E-state index in [4.69, 9.17) is 27.9 Å². The zero-order valence-electron chi connectivity index (χ0n) is 12.7. The maximum Gasteiger partial charge on any atom is 0.338 e. The molecule has 0 unspecified atom stereocenters. The number of benzene rings is 1. The first-order chi connectivity index (χ1) is 10.9. The summed E-state index contributed by atoms with van der Waals surface area (Å²) in [5, 5.41) is 3.50. The SMILES string of the molecule is C=CCOC(=O)C1=C(C)N(C)C(=O)N[C@H]1c1ccc(Cl)c(Cl)c1. The molecule has 1 aliphatic heterocycles. The lowest BCUT2D eigenvalue weighted by molar-refractivity contribution is -0.138. The molecule has 5 nitrogen and oxygen atoms in total. The van der Waals surface area contributed by atoms with E-state index in [9.17, 15) is 9.59 Å². The van der Waals surface area contributed by atoms with Gasteiger partial charge >= 0.3 is 12.0 Å². The van der Waals surface area contributed by atoms with Crippen LogP contribution in [0.4, 0.5) is 4.79 Å². The van der Waals surface area contributed by atoms with Gasteiger partial charge in [-0.25, -0.2) is 9.59 Å². The van der Waals surface area contributed by atoms with E-state index < -0.39 is 12.0 Å². The molecule has 23 heavy (non-hydrogen) atoms. The van der Waals surface area contributed by atoms with Gasteiger partial charge in [-0.2, -0.15) is 0 Å². The first-order valence-electron chi connectivity index (χ1n) is 6.84. The fraction of sp³-hybridized carbons (Fsp3) is 0.250. The minimum atomic E-state index is -0.661. The van der Waals surface area contributed by atoms with E-state index in [-0.39, 0.29) is 12.6 Å². The third-order valence-corrected chi connectivity index (χ3v) is 4.32. The van der Waals surface area contributed by atoms with Crippen molar-refractivity contribution in [3.63, 3.8) is 0 Å². The lowest BCUT2D eigenvalue weighted by Gasteiger charge is -2.33. The van der Waals surface area contributed by atoms with Crippen LogP contribution in [0.15, 0.2) is 42.1 Å². The summed E-state index contributed by atoms with van der Waals surface area (Å²) in [7, 11) is 1.58. The molecule has 2 amide bonds. The number of hydrogen-bond donors (Lipinski definition) is 1. The van der Waals surface area contributed by atoms with Crippen LogP contribution in [-0.4, -0.2) is 30.6 Å². The molecule has 0 aliphatic carbocycles. The Kier molecular flexibility index (Phi) is 5.34. The number of carbonyl (C=O) groups is 2. The molecule has 0 spiro atoms. The second-order valence-electron chi connectivity index (χ2n) is 5.00. The lowest BCUT2D eigenvalue weighted by atomic mass is 9.95. The van der Waals surface area contributed by atoms with Crippen molar-refractivity contribution in [2.45, 2.75) is 13.0 Å². The van der Waals surface area contributed by atoms with E-state index in [1.807, 2.05) is 0 Å². The highest BCUT2D eigenvalue weighted by molar-refractivity contribution is 6.42. The van der Waals surface area contributed by atoms with E-state index in [2.05, 4.69) is 11.9 Å². The predicted octanol–water partition coefficient (Wildman–Crippen LogP) is 3.69. The monoisotopic (exact) mass is 354 g/mol. The molecule has 1 aromatic carbocycles. The lowest BCUT2D eigenvalue weighted by Crippen LogP contribution is -2.46. The molecule has 0 radical (unpaired) electrons. The van der Waals surface area contributed by atoms with Crippen molar-refractivity contribution >= 4 is 35.2 Å². The van der Waals surface area contributed by atoms with Gasteiger partial charge in [0.1, 0.15) is 6.61 Å². The minimum Gasteiger partial charge on any atom is -0.458 e. The molecule has 1 heterocycles. The van der Waals surface area contributed by atoms with E-state index in [1.165, 1.54) is 11.0 Å². The normalized spacial score (nSPS) is 17.8. The first kappa shape index (κ1) is 17.4. The molecule has 0 saturated heterocycles. The Morgan fingerprint density at radius 3 is 2.74 bits per heavy atom. The molecule has 0 aromatic heterocycles. The predicted molar refractivity (Wildman–Crippen MR) is 89.4 cm³/mol. The quantitative estimate of drug-likeness (QED) is 0.662. The fourth-order valence-corrected chi connectivity index (χ4v) is 2.56. The van der Waals surface area contributed by atoms with Crippen molar-refractivity contribution < 1.29 is 14.3 Å². The number of urea groups is 1. The van der Waals surface area contributed by atoms with Gasteiger partial charge in [0, 0.05) is 12.7 Å². The Hall–Kier alpha value is -1.98. The summed E-state index contributed by atoms with van der Waals surface area (Å²) in [6, 6.07) is 3.96. The second-order valence-corrected chi connectivity index (χ2v) is 5.82. The molecular weight excluding hydrogens is 339 g/mol. The highest BCUT2D eigenvalue weighted by Crippen LogP contribution is 2.33. The molecule has 122 valence electrons. The molecule has 2 rings (SSSR count). The van der Waals surface area contributed by atoms with E-state index in [0.29, 0.717) is 26.9 Å². The van der Waals surface area contributed by atoms with Crippen LogP contribution in [0.2, 0.25) is 10.0 Å².